The van der Waals surface area contributed by atoms with Crippen LogP contribution in [0.1, 0.15) is 11.1 Å². The highest BCUT2D eigenvalue weighted by Crippen LogP contribution is 2.32. The molecule has 1 aliphatic heterocycles. The van der Waals surface area contributed by atoms with Crippen LogP contribution in [-0.2, 0) is 6.42 Å². The molecule has 0 aliphatic carbocycles. The lowest BCUT2D eigenvalue weighted by Gasteiger charge is -2.09. The van der Waals surface area contributed by atoms with Crippen LogP contribution in [0.4, 0.5) is 5.82 Å². The van der Waals surface area contributed by atoms with E-state index in [4.69, 9.17) is 9.47 Å². The third-order valence-electron chi connectivity index (χ3n) is 4.08. The van der Waals surface area contributed by atoms with Gasteiger partial charge in [-0.15, -0.1) is 0 Å². The third kappa shape index (κ3) is 2.80. The second kappa shape index (κ2) is 5.80. The number of fused-ring (bicyclic) bond motifs is 2. The van der Waals surface area contributed by atoms with Gasteiger partial charge in [0.25, 0.3) is 0 Å². The van der Waals surface area contributed by atoms with Gasteiger partial charge in [-0.3, -0.25) is 0 Å². The van der Waals surface area contributed by atoms with Gasteiger partial charge in [0.2, 0.25) is 6.79 Å². The van der Waals surface area contributed by atoms with Gasteiger partial charge in [0, 0.05) is 11.9 Å². The number of hydrogen-bond acceptors (Lipinski definition) is 4. The standard InChI is InChI=1S/C19H18N2O2/c1-13-10-19(21-16-5-3-2-4-15(13)16)20-9-8-14-6-7-17-18(11-14)23-12-22-17/h2-7,10-11H,8-9,12H2,1H3,(H,20,21). The first-order chi connectivity index (χ1) is 11.3. The molecule has 0 saturated carbocycles. The van der Waals surface area contributed by atoms with E-state index in [9.17, 15) is 0 Å². The Bertz CT molecular complexity index is 861. The minimum atomic E-state index is 0.317. The molecule has 2 aromatic carbocycles. The number of nitrogens with one attached hydrogen (secondary N) is 1. The lowest BCUT2D eigenvalue weighted by atomic mass is 10.1. The summed E-state index contributed by atoms with van der Waals surface area (Å²) in [5.74, 6) is 2.58. The number of pyridine rings is 1. The van der Waals surface area contributed by atoms with Crippen molar-refractivity contribution in [1.82, 2.24) is 4.98 Å². The van der Waals surface area contributed by atoms with Crippen LogP contribution in [0.5, 0.6) is 11.5 Å². The van der Waals surface area contributed by atoms with Crippen molar-refractivity contribution in [3.63, 3.8) is 0 Å². The topological polar surface area (TPSA) is 43.4 Å². The van der Waals surface area contributed by atoms with Crippen molar-refractivity contribution in [1.29, 1.82) is 0 Å². The Balaban J connectivity index is 1.45. The number of rotatable bonds is 4. The van der Waals surface area contributed by atoms with E-state index in [1.165, 1.54) is 16.5 Å². The first-order valence-electron chi connectivity index (χ1n) is 7.78. The number of para-hydroxylation sites is 1. The number of ether oxygens (including phenoxy) is 2. The second-order valence-electron chi connectivity index (χ2n) is 5.71. The lowest BCUT2D eigenvalue weighted by Crippen LogP contribution is -2.06. The first-order valence-corrected chi connectivity index (χ1v) is 7.78. The van der Waals surface area contributed by atoms with E-state index >= 15 is 0 Å². The summed E-state index contributed by atoms with van der Waals surface area (Å²) in [6, 6.07) is 16.4. The summed E-state index contributed by atoms with van der Waals surface area (Å²) < 4.78 is 10.7. The molecular formula is C19H18N2O2. The molecule has 0 bridgehead atoms. The van der Waals surface area contributed by atoms with Crippen LogP contribution >= 0.6 is 0 Å². The molecule has 1 N–H and O–H groups in total. The molecule has 1 aromatic heterocycles. The maximum absolute atomic E-state index is 5.41. The normalized spacial score (nSPS) is 12.6. The average Bonchev–Trinajstić information content (AvgIpc) is 3.03. The van der Waals surface area contributed by atoms with Crippen LogP contribution in [0.2, 0.25) is 0 Å². The van der Waals surface area contributed by atoms with Gasteiger partial charge in [0.05, 0.1) is 5.52 Å². The molecule has 0 atom stereocenters. The van der Waals surface area contributed by atoms with Gasteiger partial charge >= 0.3 is 0 Å². The molecule has 1 aliphatic rings. The van der Waals surface area contributed by atoms with Gasteiger partial charge in [-0.2, -0.15) is 0 Å². The summed E-state index contributed by atoms with van der Waals surface area (Å²) in [6.07, 6.45) is 0.907. The molecule has 4 heteroatoms. The SMILES string of the molecule is Cc1cc(NCCc2ccc3c(c2)OCO3)nc2ccccc12. The Morgan fingerprint density at radius 1 is 1.04 bits per heavy atom. The second-order valence-corrected chi connectivity index (χ2v) is 5.71. The molecule has 116 valence electrons. The Hall–Kier alpha value is -2.75. The van der Waals surface area contributed by atoms with E-state index in [1.54, 1.807) is 0 Å². The minimum absolute atomic E-state index is 0.317. The minimum Gasteiger partial charge on any atom is -0.454 e. The van der Waals surface area contributed by atoms with Gasteiger partial charge in [0.1, 0.15) is 5.82 Å². The molecule has 0 amide bonds. The molecule has 4 nitrogen and oxygen atoms in total. The largest absolute Gasteiger partial charge is 0.454 e. The van der Waals surface area contributed by atoms with Gasteiger partial charge in [0.15, 0.2) is 11.5 Å². The fourth-order valence-electron chi connectivity index (χ4n) is 2.87. The number of benzene rings is 2. The van der Waals surface area contributed by atoms with Crippen LogP contribution in [0, 0.1) is 6.92 Å². The molecule has 0 saturated heterocycles. The number of anilines is 1. The fraction of sp³-hybridized carbons (Fsp3) is 0.211. The molecule has 23 heavy (non-hydrogen) atoms. The van der Waals surface area contributed by atoms with E-state index in [-0.39, 0.29) is 0 Å². The summed E-state index contributed by atoms with van der Waals surface area (Å²) in [5, 5.41) is 4.61. The maximum Gasteiger partial charge on any atom is 0.231 e. The van der Waals surface area contributed by atoms with E-state index < -0.39 is 0 Å². The molecule has 4 rings (SSSR count). The predicted octanol–water partition coefficient (Wildman–Crippen LogP) is 3.93. The first kappa shape index (κ1) is 13.9. The van der Waals surface area contributed by atoms with Crippen molar-refractivity contribution in [3.8, 4) is 11.5 Å². The maximum atomic E-state index is 5.41. The summed E-state index contributed by atoms with van der Waals surface area (Å²) >= 11 is 0. The summed E-state index contributed by atoms with van der Waals surface area (Å²) in [6.45, 7) is 3.26. The van der Waals surface area contributed by atoms with E-state index in [2.05, 4.69) is 35.4 Å². The van der Waals surface area contributed by atoms with Crippen LogP contribution in [0.25, 0.3) is 10.9 Å². The van der Waals surface area contributed by atoms with Crippen LogP contribution in [-0.4, -0.2) is 18.3 Å². The van der Waals surface area contributed by atoms with E-state index in [0.29, 0.717) is 6.79 Å². The molecule has 0 unspecified atom stereocenters. The van der Waals surface area contributed by atoms with Crippen LogP contribution < -0.4 is 14.8 Å². The number of nitrogens with zero attached hydrogens (tertiary/aromatic N) is 1. The zero-order valence-electron chi connectivity index (χ0n) is 13.0. The zero-order chi connectivity index (χ0) is 15.6. The zero-order valence-corrected chi connectivity index (χ0v) is 13.0. The van der Waals surface area contributed by atoms with E-state index in [1.807, 2.05) is 30.3 Å². The van der Waals surface area contributed by atoms with Crippen LogP contribution in [0.3, 0.4) is 0 Å². The van der Waals surface area contributed by atoms with Crippen molar-refractivity contribution >= 4 is 16.7 Å². The molecule has 0 fully saturated rings. The number of aryl methyl sites for hydroxylation is 1. The Morgan fingerprint density at radius 2 is 1.91 bits per heavy atom. The van der Waals surface area contributed by atoms with Crippen molar-refractivity contribution in [2.45, 2.75) is 13.3 Å². The predicted molar refractivity (Wildman–Crippen MR) is 91.2 cm³/mol. The quantitative estimate of drug-likeness (QED) is 0.793. The van der Waals surface area contributed by atoms with Gasteiger partial charge in [-0.1, -0.05) is 24.3 Å². The summed E-state index contributed by atoms with van der Waals surface area (Å²) in [5.41, 5.74) is 3.48. The highest BCUT2D eigenvalue weighted by molar-refractivity contribution is 5.83. The Kier molecular flexibility index (Phi) is 3.50. The van der Waals surface area contributed by atoms with Gasteiger partial charge < -0.3 is 14.8 Å². The van der Waals surface area contributed by atoms with Crippen LogP contribution in [0.15, 0.2) is 48.5 Å². The highest BCUT2D eigenvalue weighted by Gasteiger charge is 2.12. The molecule has 2 heterocycles. The van der Waals surface area contributed by atoms with Gasteiger partial charge in [-0.05, 0) is 48.7 Å². The third-order valence-corrected chi connectivity index (χ3v) is 4.08. The number of aromatic nitrogens is 1. The van der Waals surface area contributed by atoms with E-state index in [0.717, 1.165) is 35.8 Å². The van der Waals surface area contributed by atoms with Crippen molar-refractivity contribution in [2.24, 2.45) is 0 Å². The summed E-state index contributed by atoms with van der Waals surface area (Å²) in [7, 11) is 0. The molecule has 0 radical (unpaired) electrons. The fourth-order valence-corrected chi connectivity index (χ4v) is 2.87. The Morgan fingerprint density at radius 3 is 2.87 bits per heavy atom. The smallest absolute Gasteiger partial charge is 0.231 e. The Labute approximate surface area is 135 Å². The highest BCUT2D eigenvalue weighted by atomic mass is 16.7. The van der Waals surface area contributed by atoms with Crippen molar-refractivity contribution < 1.29 is 9.47 Å². The summed E-state index contributed by atoms with van der Waals surface area (Å²) in [4.78, 5) is 4.67. The monoisotopic (exact) mass is 306 g/mol. The van der Waals surface area contributed by atoms with Crippen molar-refractivity contribution in [2.75, 3.05) is 18.7 Å². The lowest BCUT2D eigenvalue weighted by molar-refractivity contribution is 0.174. The number of hydrogen-bond donors (Lipinski definition) is 1. The average molecular weight is 306 g/mol. The molecule has 3 aromatic rings. The van der Waals surface area contributed by atoms with Gasteiger partial charge in [-0.25, -0.2) is 4.98 Å². The molecular weight excluding hydrogens is 288 g/mol. The van der Waals surface area contributed by atoms with Crippen molar-refractivity contribution in [3.05, 3.63) is 59.7 Å². The molecule has 0 spiro atoms.